The summed E-state index contributed by atoms with van der Waals surface area (Å²) in [6.45, 7) is 3.76. The second-order valence-corrected chi connectivity index (χ2v) is 5.64. The fourth-order valence-corrected chi connectivity index (χ4v) is 3.31. The van der Waals surface area contributed by atoms with Crippen molar-refractivity contribution in [3.63, 3.8) is 0 Å². The first kappa shape index (κ1) is 12.2. The van der Waals surface area contributed by atoms with E-state index in [-0.39, 0.29) is 0 Å². The molecule has 0 saturated carbocycles. The van der Waals surface area contributed by atoms with Crippen LogP contribution < -0.4 is 0 Å². The molecule has 1 N–H and O–H groups in total. The summed E-state index contributed by atoms with van der Waals surface area (Å²) in [6.07, 6.45) is 0.980. The number of para-hydroxylation sites is 1. The molecule has 96 valence electrons. The van der Waals surface area contributed by atoms with E-state index < -0.39 is 0 Å². The number of imidazole rings is 1. The maximum absolute atomic E-state index is 6.32. The number of ether oxygens (including phenoxy) is 1. The Hall–Kier alpha value is -0.840. The minimum absolute atomic E-state index is 0.361. The normalized spacial score (nSPS) is 24.6. The predicted octanol–water partition coefficient (Wildman–Crippen LogP) is 3.95. The summed E-state index contributed by atoms with van der Waals surface area (Å²) < 4.78 is 8.42. The van der Waals surface area contributed by atoms with E-state index in [1.54, 1.807) is 0 Å². The number of fused-ring (bicyclic) bond motifs is 1. The Bertz CT molecular complexity index is 633. The van der Waals surface area contributed by atoms with Crippen molar-refractivity contribution in [2.45, 2.75) is 19.4 Å². The van der Waals surface area contributed by atoms with Gasteiger partial charge in [0.05, 0.1) is 22.7 Å². The molecule has 1 aliphatic rings. The highest BCUT2D eigenvalue weighted by molar-refractivity contribution is 7.71. The highest BCUT2D eigenvalue weighted by atomic mass is 35.5. The van der Waals surface area contributed by atoms with Crippen molar-refractivity contribution in [2.24, 2.45) is 5.92 Å². The topological polar surface area (TPSA) is 29.9 Å². The largest absolute Gasteiger partial charge is 0.381 e. The molecule has 0 radical (unpaired) electrons. The van der Waals surface area contributed by atoms with Crippen LogP contribution in [0.4, 0.5) is 0 Å². The lowest BCUT2D eigenvalue weighted by Crippen LogP contribution is -2.28. The Morgan fingerprint density at radius 3 is 3.11 bits per heavy atom. The molecule has 0 spiro atoms. The van der Waals surface area contributed by atoms with Crippen LogP contribution in [0, 0.1) is 10.7 Å². The van der Waals surface area contributed by atoms with E-state index in [1.165, 1.54) is 0 Å². The number of benzene rings is 1. The number of aromatic amines is 1. The smallest absolute Gasteiger partial charge is 0.178 e. The third-order valence-corrected chi connectivity index (χ3v) is 4.22. The number of H-pyrrole nitrogens is 1. The SMILES string of the molecule is C[C@H]1COCC[C@@H]1n1c(=S)[nH]c2cccc(Cl)c21. The van der Waals surface area contributed by atoms with E-state index in [9.17, 15) is 0 Å². The molecular formula is C13H15ClN2OS. The quantitative estimate of drug-likeness (QED) is 0.803. The molecular weight excluding hydrogens is 268 g/mol. The Morgan fingerprint density at radius 1 is 1.50 bits per heavy atom. The monoisotopic (exact) mass is 282 g/mol. The van der Waals surface area contributed by atoms with Gasteiger partial charge in [-0.1, -0.05) is 24.6 Å². The maximum atomic E-state index is 6.32. The van der Waals surface area contributed by atoms with Crippen molar-refractivity contribution in [2.75, 3.05) is 13.2 Å². The summed E-state index contributed by atoms with van der Waals surface area (Å²) in [5.74, 6) is 0.445. The first-order valence-electron chi connectivity index (χ1n) is 6.15. The third kappa shape index (κ3) is 1.88. The summed E-state index contributed by atoms with van der Waals surface area (Å²) in [5.41, 5.74) is 2.02. The second-order valence-electron chi connectivity index (χ2n) is 4.84. The fourth-order valence-electron chi connectivity index (χ4n) is 2.71. The van der Waals surface area contributed by atoms with Crippen LogP contribution in [0.3, 0.4) is 0 Å². The van der Waals surface area contributed by atoms with E-state index >= 15 is 0 Å². The van der Waals surface area contributed by atoms with Crippen molar-refractivity contribution in [1.29, 1.82) is 0 Å². The fraction of sp³-hybridized carbons (Fsp3) is 0.462. The van der Waals surface area contributed by atoms with Gasteiger partial charge in [-0.25, -0.2) is 0 Å². The number of nitrogens with one attached hydrogen (secondary N) is 1. The molecule has 18 heavy (non-hydrogen) atoms. The third-order valence-electron chi connectivity index (χ3n) is 3.62. The Kier molecular flexibility index (Phi) is 3.18. The van der Waals surface area contributed by atoms with Gasteiger partial charge < -0.3 is 14.3 Å². The molecule has 2 aromatic rings. The lowest BCUT2D eigenvalue weighted by molar-refractivity contribution is 0.0294. The zero-order valence-electron chi connectivity index (χ0n) is 10.1. The van der Waals surface area contributed by atoms with Crippen LogP contribution in [0.15, 0.2) is 18.2 Å². The van der Waals surface area contributed by atoms with Gasteiger partial charge in [-0.05, 0) is 30.8 Å². The van der Waals surface area contributed by atoms with Gasteiger partial charge in [-0.3, -0.25) is 0 Å². The van der Waals surface area contributed by atoms with Crippen LogP contribution in [0.25, 0.3) is 11.0 Å². The van der Waals surface area contributed by atoms with Crippen molar-refractivity contribution in [1.82, 2.24) is 9.55 Å². The molecule has 1 aromatic heterocycles. The molecule has 0 bridgehead atoms. The van der Waals surface area contributed by atoms with Crippen LogP contribution in [0.5, 0.6) is 0 Å². The van der Waals surface area contributed by atoms with Crippen LogP contribution in [0.2, 0.25) is 5.02 Å². The summed E-state index contributed by atoms with van der Waals surface area (Å²) in [6, 6.07) is 6.22. The van der Waals surface area contributed by atoms with E-state index in [0.717, 1.165) is 40.5 Å². The first-order valence-corrected chi connectivity index (χ1v) is 6.93. The first-order chi connectivity index (χ1) is 8.68. The molecule has 3 nitrogen and oxygen atoms in total. The summed E-state index contributed by atoms with van der Waals surface area (Å²) in [7, 11) is 0. The van der Waals surface area contributed by atoms with Gasteiger partial charge in [0, 0.05) is 18.6 Å². The lowest BCUT2D eigenvalue weighted by atomic mass is 9.97. The van der Waals surface area contributed by atoms with E-state index in [0.29, 0.717) is 12.0 Å². The number of nitrogens with zero attached hydrogens (tertiary/aromatic N) is 1. The Morgan fingerprint density at radius 2 is 2.33 bits per heavy atom. The number of halogens is 1. The molecule has 0 unspecified atom stereocenters. The van der Waals surface area contributed by atoms with Crippen molar-refractivity contribution in [3.8, 4) is 0 Å². The van der Waals surface area contributed by atoms with Gasteiger partial charge in [-0.2, -0.15) is 0 Å². The van der Waals surface area contributed by atoms with Gasteiger partial charge >= 0.3 is 0 Å². The summed E-state index contributed by atoms with van der Waals surface area (Å²) in [5, 5.41) is 0.749. The van der Waals surface area contributed by atoms with Gasteiger partial charge in [-0.15, -0.1) is 0 Å². The Labute approximate surface area is 116 Å². The number of hydrogen-bond acceptors (Lipinski definition) is 2. The van der Waals surface area contributed by atoms with Crippen LogP contribution in [-0.4, -0.2) is 22.8 Å². The van der Waals surface area contributed by atoms with Gasteiger partial charge in [0.1, 0.15) is 0 Å². The molecule has 0 aliphatic carbocycles. The second kappa shape index (κ2) is 4.68. The average Bonchev–Trinajstić information content (AvgIpc) is 2.68. The maximum Gasteiger partial charge on any atom is 0.178 e. The van der Waals surface area contributed by atoms with Gasteiger partial charge in [0.25, 0.3) is 0 Å². The zero-order chi connectivity index (χ0) is 12.7. The number of aromatic nitrogens is 2. The van der Waals surface area contributed by atoms with Crippen molar-refractivity contribution >= 4 is 34.9 Å². The van der Waals surface area contributed by atoms with Crippen molar-refractivity contribution in [3.05, 3.63) is 28.0 Å². The lowest BCUT2D eigenvalue weighted by Gasteiger charge is -2.30. The van der Waals surface area contributed by atoms with Crippen LogP contribution in [-0.2, 0) is 4.74 Å². The molecule has 5 heteroatoms. The molecule has 2 heterocycles. The molecule has 0 amide bonds. The summed E-state index contributed by atoms with van der Waals surface area (Å²) >= 11 is 11.8. The van der Waals surface area contributed by atoms with E-state index in [4.69, 9.17) is 28.6 Å². The van der Waals surface area contributed by atoms with Crippen LogP contribution in [0.1, 0.15) is 19.4 Å². The highest BCUT2D eigenvalue weighted by Crippen LogP contribution is 2.33. The van der Waals surface area contributed by atoms with E-state index in [2.05, 4.69) is 16.5 Å². The van der Waals surface area contributed by atoms with E-state index in [1.807, 2.05) is 18.2 Å². The van der Waals surface area contributed by atoms with Crippen LogP contribution >= 0.6 is 23.8 Å². The Balaban J connectivity index is 2.21. The van der Waals surface area contributed by atoms with Crippen molar-refractivity contribution < 1.29 is 4.74 Å². The highest BCUT2D eigenvalue weighted by Gasteiger charge is 2.26. The minimum atomic E-state index is 0.361. The van der Waals surface area contributed by atoms with Gasteiger partial charge in [0.15, 0.2) is 4.77 Å². The molecule has 2 atom stereocenters. The molecule has 1 saturated heterocycles. The summed E-state index contributed by atoms with van der Waals surface area (Å²) in [4.78, 5) is 3.24. The molecule has 1 aromatic carbocycles. The molecule has 1 fully saturated rings. The minimum Gasteiger partial charge on any atom is -0.381 e. The standard InChI is InChI=1S/C13H15ClN2OS/c1-8-7-17-6-5-11(8)16-12-9(14)3-2-4-10(12)15-13(16)18/h2-4,8,11H,5-7H2,1H3,(H,15,18)/t8-,11-/m0/s1. The van der Waals surface area contributed by atoms with Gasteiger partial charge in [0.2, 0.25) is 0 Å². The molecule has 3 rings (SSSR count). The zero-order valence-corrected chi connectivity index (χ0v) is 11.7. The predicted molar refractivity (Wildman–Crippen MR) is 75.8 cm³/mol. The molecule has 1 aliphatic heterocycles. The number of rotatable bonds is 1. The number of hydrogen-bond donors (Lipinski definition) is 1. The average molecular weight is 283 g/mol.